The maximum Gasteiger partial charge on any atom is 0.410 e. The quantitative estimate of drug-likeness (QED) is 0.839. The zero-order valence-electron chi connectivity index (χ0n) is 12.5. The van der Waals surface area contributed by atoms with Crippen LogP contribution in [-0.4, -0.2) is 28.4 Å². The number of carbonyl (C=O) groups is 1. The molecule has 1 aliphatic heterocycles. The minimum absolute atomic E-state index is 0.0892. The molecular weight excluding hydrogens is 325 g/mol. The van der Waals surface area contributed by atoms with Crippen molar-refractivity contribution >= 4 is 11.7 Å². The molecule has 0 aliphatic carbocycles. The molecule has 9 heteroatoms. The number of nitrogens with zero attached hydrogens (tertiary/aromatic N) is 2. The van der Waals surface area contributed by atoms with Crippen molar-refractivity contribution in [3.05, 3.63) is 48.6 Å². The van der Waals surface area contributed by atoms with Gasteiger partial charge in [0.05, 0.1) is 12.3 Å². The van der Waals surface area contributed by atoms with Crippen molar-refractivity contribution in [2.45, 2.75) is 24.7 Å². The second kappa shape index (κ2) is 6.06. The largest absolute Gasteiger partial charge is 0.467 e. The molecule has 2 N–H and O–H groups in total. The minimum Gasteiger partial charge on any atom is -0.467 e. The van der Waals surface area contributed by atoms with Gasteiger partial charge in [0.15, 0.2) is 11.7 Å². The molecule has 3 heterocycles. The summed E-state index contributed by atoms with van der Waals surface area (Å²) in [7, 11) is 0. The van der Waals surface area contributed by atoms with Crippen molar-refractivity contribution in [3.63, 3.8) is 0 Å². The molecule has 2 atom stereocenters. The molecule has 0 bridgehead atoms. The zero-order chi connectivity index (χ0) is 17.3. The highest BCUT2D eigenvalue weighted by atomic mass is 19.4. The van der Waals surface area contributed by atoms with Crippen LogP contribution >= 0.6 is 0 Å². The maximum atomic E-state index is 13.4. The van der Waals surface area contributed by atoms with Crippen LogP contribution in [0.5, 0.6) is 0 Å². The molecule has 2 aromatic heterocycles. The van der Waals surface area contributed by atoms with Crippen LogP contribution in [0.4, 0.5) is 19.0 Å². The number of anilines is 1. The minimum atomic E-state index is -4.50. The molecule has 1 amide bonds. The number of hydrogen-bond acceptors (Lipinski definition) is 4. The van der Waals surface area contributed by atoms with Gasteiger partial charge in [-0.3, -0.25) is 4.79 Å². The van der Waals surface area contributed by atoms with E-state index in [0.29, 0.717) is 5.76 Å². The van der Waals surface area contributed by atoms with Crippen LogP contribution in [-0.2, 0) is 0 Å². The van der Waals surface area contributed by atoms with E-state index >= 15 is 0 Å². The molecule has 0 saturated carbocycles. The van der Waals surface area contributed by atoms with E-state index in [1.165, 1.54) is 18.4 Å². The number of carbonyl (C=O) groups excluding carboxylic acids is 1. The van der Waals surface area contributed by atoms with Crippen molar-refractivity contribution in [2.75, 3.05) is 11.9 Å². The number of fused-ring (bicyclic) bond motifs is 1. The van der Waals surface area contributed by atoms with Crippen molar-refractivity contribution in [3.8, 4) is 0 Å². The third kappa shape index (κ3) is 3.01. The van der Waals surface area contributed by atoms with Crippen LogP contribution in [0.1, 0.15) is 34.8 Å². The fourth-order valence-corrected chi connectivity index (χ4v) is 2.62. The van der Waals surface area contributed by atoms with E-state index in [1.54, 1.807) is 12.1 Å². The monoisotopic (exact) mass is 340 g/mol. The maximum absolute atomic E-state index is 13.4. The summed E-state index contributed by atoms with van der Waals surface area (Å²) in [5, 5.41) is 9.25. The highest BCUT2D eigenvalue weighted by molar-refractivity contribution is 5.93. The van der Waals surface area contributed by atoms with Crippen molar-refractivity contribution in [2.24, 2.45) is 0 Å². The summed E-state index contributed by atoms with van der Waals surface area (Å²) < 4.78 is 46.3. The Morgan fingerprint density at radius 1 is 1.58 bits per heavy atom. The Labute approximate surface area is 135 Å². The first-order valence-electron chi connectivity index (χ1n) is 7.25. The first-order chi connectivity index (χ1) is 11.4. The third-order valence-electron chi connectivity index (χ3n) is 3.72. The molecule has 0 radical (unpaired) electrons. The number of rotatable bonds is 4. The van der Waals surface area contributed by atoms with Crippen LogP contribution in [0, 0.1) is 0 Å². The van der Waals surface area contributed by atoms with Crippen LogP contribution < -0.4 is 10.6 Å². The summed E-state index contributed by atoms with van der Waals surface area (Å²) in [5.74, 6) is -0.0443. The number of hydrogen-bond donors (Lipinski definition) is 2. The molecule has 2 aromatic rings. The SMILES string of the molecule is C=CCNC(=O)c1cc2n(n1)[C@@H](C(F)(F)F)C[C@@H](c1ccco1)N2. The Hall–Kier alpha value is -2.71. The van der Waals surface area contributed by atoms with E-state index in [0.717, 1.165) is 4.68 Å². The zero-order valence-corrected chi connectivity index (χ0v) is 12.5. The lowest BCUT2D eigenvalue weighted by molar-refractivity contribution is -0.174. The number of aromatic nitrogens is 2. The van der Waals surface area contributed by atoms with Crippen molar-refractivity contribution in [1.82, 2.24) is 15.1 Å². The van der Waals surface area contributed by atoms with E-state index in [1.807, 2.05) is 0 Å². The van der Waals surface area contributed by atoms with Crippen LogP contribution in [0.25, 0.3) is 0 Å². The highest BCUT2D eigenvalue weighted by Gasteiger charge is 2.47. The normalized spacial score (nSPS) is 20.1. The Kier molecular flexibility index (Phi) is 4.08. The van der Waals surface area contributed by atoms with Gasteiger partial charge in [0.1, 0.15) is 11.6 Å². The molecule has 24 heavy (non-hydrogen) atoms. The fraction of sp³-hybridized carbons (Fsp3) is 0.333. The number of amides is 1. The fourth-order valence-electron chi connectivity index (χ4n) is 2.62. The standard InChI is InChI=1S/C15H15F3N4O2/c1-2-5-19-14(23)10-8-13-20-9(11-4-3-6-24-11)7-12(15(16,17)18)22(13)21-10/h2-4,6,8-9,12,20H,1,5,7H2,(H,19,23)/t9-,12+/m0/s1. The predicted molar refractivity (Wildman–Crippen MR) is 79.5 cm³/mol. The molecule has 128 valence electrons. The first-order valence-corrected chi connectivity index (χ1v) is 7.25. The summed E-state index contributed by atoms with van der Waals surface area (Å²) in [4.78, 5) is 11.9. The van der Waals surface area contributed by atoms with Gasteiger partial charge in [-0.1, -0.05) is 6.08 Å². The Balaban J connectivity index is 1.94. The van der Waals surface area contributed by atoms with E-state index < -0.39 is 24.2 Å². The van der Waals surface area contributed by atoms with E-state index in [4.69, 9.17) is 4.42 Å². The lowest BCUT2D eigenvalue weighted by Crippen LogP contribution is -2.35. The van der Waals surface area contributed by atoms with Gasteiger partial charge in [0.2, 0.25) is 0 Å². The second-order valence-electron chi connectivity index (χ2n) is 5.36. The Morgan fingerprint density at radius 2 is 2.38 bits per heavy atom. The molecule has 0 saturated heterocycles. The van der Waals surface area contributed by atoms with Gasteiger partial charge in [-0.15, -0.1) is 6.58 Å². The molecular formula is C15H15F3N4O2. The highest BCUT2D eigenvalue weighted by Crippen LogP contribution is 2.43. The van der Waals surface area contributed by atoms with Gasteiger partial charge in [0, 0.05) is 19.0 Å². The summed E-state index contributed by atoms with van der Waals surface area (Å²) in [6.07, 6.45) is -1.90. The summed E-state index contributed by atoms with van der Waals surface area (Å²) in [5.41, 5.74) is -0.0892. The summed E-state index contributed by atoms with van der Waals surface area (Å²) >= 11 is 0. The van der Waals surface area contributed by atoms with E-state index in [-0.39, 0.29) is 24.5 Å². The molecule has 0 unspecified atom stereocenters. The Morgan fingerprint density at radius 3 is 3.00 bits per heavy atom. The lowest BCUT2D eigenvalue weighted by Gasteiger charge is -2.32. The molecule has 0 spiro atoms. The average Bonchev–Trinajstić information content (AvgIpc) is 3.19. The average molecular weight is 340 g/mol. The van der Waals surface area contributed by atoms with Gasteiger partial charge in [0.25, 0.3) is 5.91 Å². The molecule has 3 rings (SSSR count). The van der Waals surface area contributed by atoms with Crippen LogP contribution in [0.3, 0.4) is 0 Å². The van der Waals surface area contributed by atoms with Gasteiger partial charge in [-0.05, 0) is 12.1 Å². The number of halogens is 3. The van der Waals surface area contributed by atoms with Crippen molar-refractivity contribution < 1.29 is 22.4 Å². The smallest absolute Gasteiger partial charge is 0.410 e. The molecule has 0 fully saturated rings. The van der Waals surface area contributed by atoms with Crippen LogP contribution in [0.15, 0.2) is 41.5 Å². The van der Waals surface area contributed by atoms with Gasteiger partial charge >= 0.3 is 6.18 Å². The number of furan rings is 1. The molecule has 0 aromatic carbocycles. The van der Waals surface area contributed by atoms with Gasteiger partial charge < -0.3 is 15.1 Å². The predicted octanol–water partition coefficient (Wildman–Crippen LogP) is 3.05. The topological polar surface area (TPSA) is 72.1 Å². The number of alkyl halides is 3. The first kappa shape index (κ1) is 16.2. The molecule has 6 nitrogen and oxygen atoms in total. The van der Waals surface area contributed by atoms with E-state index in [9.17, 15) is 18.0 Å². The summed E-state index contributed by atoms with van der Waals surface area (Å²) in [6, 6.07) is 2.02. The van der Waals surface area contributed by atoms with Crippen LogP contribution in [0.2, 0.25) is 0 Å². The third-order valence-corrected chi connectivity index (χ3v) is 3.72. The summed E-state index contributed by atoms with van der Waals surface area (Å²) in [6.45, 7) is 3.66. The lowest BCUT2D eigenvalue weighted by atomic mass is 10.0. The van der Waals surface area contributed by atoms with Crippen molar-refractivity contribution in [1.29, 1.82) is 0 Å². The second-order valence-corrected chi connectivity index (χ2v) is 5.36. The van der Waals surface area contributed by atoms with Gasteiger partial charge in [-0.2, -0.15) is 18.3 Å². The van der Waals surface area contributed by atoms with Gasteiger partial charge in [-0.25, -0.2) is 4.68 Å². The van der Waals surface area contributed by atoms with E-state index in [2.05, 4.69) is 22.3 Å². The number of nitrogens with one attached hydrogen (secondary N) is 2. The Bertz CT molecular complexity index is 736. The molecule has 1 aliphatic rings.